The summed E-state index contributed by atoms with van der Waals surface area (Å²) in [5, 5.41) is 3.61. The van der Waals surface area contributed by atoms with E-state index >= 15 is 0 Å². The topological polar surface area (TPSA) is 92.3 Å². The minimum atomic E-state index is -3.76. The number of hydrogen-bond acceptors (Lipinski definition) is 6. The van der Waals surface area contributed by atoms with Crippen LogP contribution < -0.4 is 9.62 Å². The van der Waals surface area contributed by atoms with E-state index in [1.807, 2.05) is 24.3 Å². The molecule has 3 aromatic rings. The van der Waals surface area contributed by atoms with Gasteiger partial charge in [-0.1, -0.05) is 42.4 Å². The Bertz CT molecular complexity index is 1260. The fraction of sp³-hybridized carbons (Fsp3) is 0.190. The van der Waals surface area contributed by atoms with Gasteiger partial charge < -0.3 is 5.32 Å². The van der Waals surface area contributed by atoms with Gasteiger partial charge in [0.15, 0.2) is 5.16 Å². The molecule has 1 amide bonds. The fourth-order valence-corrected chi connectivity index (χ4v) is 5.29. The van der Waals surface area contributed by atoms with Crippen LogP contribution in [0.3, 0.4) is 0 Å². The number of rotatable bonds is 5. The number of anilines is 2. The van der Waals surface area contributed by atoms with Crippen LogP contribution in [0.2, 0.25) is 5.02 Å². The molecular weight excluding hydrogens is 456 g/mol. The molecule has 1 N–H and O–H groups in total. The standard InChI is InChI=1S/C21H19ClN4O3S2/c1-3-13-4-7-15(8-5-13)24-19(27)12-30-21-23-11-18-20(25-21)16-10-14(22)6-9-17(16)26(2)31(18,28)29/h4-11H,3,12H2,1-2H3,(H,24,27). The molecule has 160 valence electrons. The van der Waals surface area contributed by atoms with E-state index in [4.69, 9.17) is 11.6 Å². The Hall–Kier alpha value is -2.62. The van der Waals surface area contributed by atoms with Crippen LogP contribution in [0, 0.1) is 0 Å². The third-order valence-corrected chi connectivity index (χ3v) is 7.77. The van der Waals surface area contributed by atoms with E-state index < -0.39 is 10.0 Å². The van der Waals surface area contributed by atoms with Crippen molar-refractivity contribution in [2.75, 3.05) is 22.4 Å². The Morgan fingerprint density at radius 3 is 2.65 bits per heavy atom. The van der Waals surface area contributed by atoms with Gasteiger partial charge in [-0.15, -0.1) is 0 Å². The number of carbonyl (C=O) groups is 1. The summed E-state index contributed by atoms with van der Waals surface area (Å²) >= 11 is 7.26. The van der Waals surface area contributed by atoms with Crippen LogP contribution in [0.5, 0.6) is 0 Å². The molecule has 0 saturated heterocycles. The number of aromatic nitrogens is 2. The van der Waals surface area contributed by atoms with Gasteiger partial charge in [-0.2, -0.15) is 0 Å². The molecule has 0 bridgehead atoms. The lowest BCUT2D eigenvalue weighted by atomic mass is 10.1. The van der Waals surface area contributed by atoms with Crippen LogP contribution in [-0.4, -0.2) is 37.1 Å². The molecule has 0 unspecified atom stereocenters. The van der Waals surface area contributed by atoms with Crippen molar-refractivity contribution >= 4 is 50.7 Å². The zero-order chi connectivity index (χ0) is 22.2. The molecule has 0 radical (unpaired) electrons. The molecule has 1 aliphatic rings. The highest BCUT2D eigenvalue weighted by molar-refractivity contribution is 7.99. The highest BCUT2D eigenvalue weighted by atomic mass is 35.5. The zero-order valence-electron chi connectivity index (χ0n) is 16.8. The molecule has 0 fully saturated rings. The van der Waals surface area contributed by atoms with Crippen LogP contribution in [0.1, 0.15) is 12.5 Å². The quantitative estimate of drug-likeness (QED) is 0.439. The zero-order valence-corrected chi connectivity index (χ0v) is 19.2. The van der Waals surface area contributed by atoms with Gasteiger partial charge in [-0.05, 0) is 42.3 Å². The molecular formula is C21H19ClN4O3S2. The van der Waals surface area contributed by atoms with E-state index in [0.717, 1.165) is 18.2 Å². The van der Waals surface area contributed by atoms with Crippen LogP contribution in [-0.2, 0) is 21.2 Å². The van der Waals surface area contributed by atoms with Crippen molar-refractivity contribution in [3.05, 3.63) is 59.2 Å². The lowest BCUT2D eigenvalue weighted by Crippen LogP contribution is -2.31. The second-order valence-corrected chi connectivity index (χ2v) is 10.2. The fourth-order valence-electron chi connectivity index (χ4n) is 3.21. The maximum Gasteiger partial charge on any atom is 0.267 e. The van der Waals surface area contributed by atoms with Crippen molar-refractivity contribution in [3.8, 4) is 11.3 Å². The minimum Gasteiger partial charge on any atom is -0.325 e. The summed E-state index contributed by atoms with van der Waals surface area (Å²) in [4.78, 5) is 20.9. The average Bonchev–Trinajstić information content (AvgIpc) is 2.76. The number of amides is 1. The van der Waals surface area contributed by atoms with Crippen molar-refractivity contribution in [2.45, 2.75) is 23.4 Å². The molecule has 0 spiro atoms. The van der Waals surface area contributed by atoms with Gasteiger partial charge >= 0.3 is 0 Å². The molecule has 0 atom stereocenters. The Kier molecular flexibility index (Phi) is 5.92. The lowest BCUT2D eigenvalue weighted by Gasteiger charge is -2.28. The number of benzene rings is 2. The summed E-state index contributed by atoms with van der Waals surface area (Å²) < 4.78 is 26.8. The summed E-state index contributed by atoms with van der Waals surface area (Å²) in [5.41, 5.74) is 3.27. The van der Waals surface area contributed by atoms with Gasteiger partial charge in [0, 0.05) is 23.3 Å². The number of carbonyl (C=O) groups excluding carboxylic acids is 1. The molecule has 1 aliphatic heterocycles. The average molecular weight is 475 g/mol. The third-order valence-electron chi connectivity index (χ3n) is 4.90. The second kappa shape index (κ2) is 8.49. The molecule has 31 heavy (non-hydrogen) atoms. The van der Waals surface area contributed by atoms with Gasteiger partial charge in [0.25, 0.3) is 10.0 Å². The Balaban J connectivity index is 1.55. The Morgan fingerprint density at radius 2 is 1.94 bits per heavy atom. The Labute approximate surface area is 189 Å². The van der Waals surface area contributed by atoms with Gasteiger partial charge in [0.1, 0.15) is 4.90 Å². The molecule has 2 aromatic carbocycles. The first-order valence-electron chi connectivity index (χ1n) is 9.47. The van der Waals surface area contributed by atoms with Crippen LogP contribution in [0.15, 0.2) is 58.7 Å². The van der Waals surface area contributed by atoms with Crippen molar-refractivity contribution in [1.82, 2.24) is 9.97 Å². The maximum absolute atomic E-state index is 12.8. The van der Waals surface area contributed by atoms with E-state index in [2.05, 4.69) is 22.2 Å². The van der Waals surface area contributed by atoms with E-state index in [9.17, 15) is 13.2 Å². The van der Waals surface area contributed by atoms with Gasteiger partial charge in [0.2, 0.25) is 5.91 Å². The van der Waals surface area contributed by atoms with E-state index in [1.165, 1.54) is 23.1 Å². The number of hydrogen-bond donors (Lipinski definition) is 1. The van der Waals surface area contributed by atoms with Gasteiger partial charge in [-0.3, -0.25) is 9.10 Å². The molecule has 10 heteroatoms. The molecule has 2 heterocycles. The van der Waals surface area contributed by atoms with Gasteiger partial charge in [0.05, 0.1) is 23.3 Å². The molecule has 0 aliphatic carbocycles. The second-order valence-electron chi connectivity index (χ2n) is 6.89. The number of fused-ring (bicyclic) bond motifs is 3. The lowest BCUT2D eigenvalue weighted by molar-refractivity contribution is -0.113. The number of thioether (sulfide) groups is 1. The number of aryl methyl sites for hydroxylation is 1. The molecule has 7 nitrogen and oxygen atoms in total. The molecule has 1 aromatic heterocycles. The third kappa shape index (κ3) is 4.26. The van der Waals surface area contributed by atoms with E-state index in [1.54, 1.807) is 18.2 Å². The van der Waals surface area contributed by atoms with Crippen LogP contribution in [0.25, 0.3) is 11.3 Å². The van der Waals surface area contributed by atoms with E-state index in [0.29, 0.717) is 27.1 Å². The van der Waals surface area contributed by atoms with Gasteiger partial charge in [-0.25, -0.2) is 18.4 Å². The number of halogens is 1. The first-order valence-corrected chi connectivity index (χ1v) is 12.3. The predicted octanol–water partition coefficient (Wildman–Crippen LogP) is 4.23. The molecule has 0 saturated carbocycles. The van der Waals surface area contributed by atoms with Crippen LogP contribution in [0.4, 0.5) is 11.4 Å². The Morgan fingerprint density at radius 1 is 1.19 bits per heavy atom. The summed E-state index contributed by atoms with van der Waals surface area (Å²) in [5.74, 6) is -0.116. The summed E-state index contributed by atoms with van der Waals surface area (Å²) in [6.07, 6.45) is 2.21. The van der Waals surface area contributed by atoms with Crippen molar-refractivity contribution in [1.29, 1.82) is 0 Å². The highest BCUT2D eigenvalue weighted by Gasteiger charge is 2.34. The van der Waals surface area contributed by atoms with E-state index in [-0.39, 0.29) is 22.2 Å². The number of nitrogens with zero attached hydrogens (tertiary/aromatic N) is 3. The largest absolute Gasteiger partial charge is 0.325 e. The smallest absolute Gasteiger partial charge is 0.267 e. The SMILES string of the molecule is CCc1ccc(NC(=O)CSc2ncc3c(n2)-c2cc(Cl)ccc2N(C)S3(=O)=O)cc1. The first-order chi connectivity index (χ1) is 14.8. The van der Waals surface area contributed by atoms with Crippen molar-refractivity contribution in [3.63, 3.8) is 0 Å². The predicted molar refractivity (Wildman–Crippen MR) is 123 cm³/mol. The molecule has 4 rings (SSSR count). The minimum absolute atomic E-state index is 0.00887. The normalized spacial score (nSPS) is 14.0. The summed E-state index contributed by atoms with van der Waals surface area (Å²) in [6.45, 7) is 2.07. The van der Waals surface area contributed by atoms with Crippen molar-refractivity contribution in [2.24, 2.45) is 0 Å². The summed E-state index contributed by atoms with van der Waals surface area (Å²) in [7, 11) is -2.29. The summed E-state index contributed by atoms with van der Waals surface area (Å²) in [6, 6.07) is 12.6. The highest BCUT2D eigenvalue weighted by Crippen LogP contribution is 2.42. The maximum atomic E-state index is 12.8. The van der Waals surface area contributed by atoms with Crippen LogP contribution >= 0.6 is 23.4 Å². The number of nitrogens with one attached hydrogen (secondary N) is 1. The first kappa shape index (κ1) is 21.6. The van der Waals surface area contributed by atoms with Crippen molar-refractivity contribution < 1.29 is 13.2 Å². The number of sulfonamides is 1. The monoisotopic (exact) mass is 474 g/mol.